The average Bonchev–Trinajstić information content (AvgIpc) is 3.01. The van der Waals surface area contributed by atoms with Gasteiger partial charge in [0.2, 0.25) is 0 Å². The summed E-state index contributed by atoms with van der Waals surface area (Å²) >= 11 is 0. The summed E-state index contributed by atoms with van der Waals surface area (Å²) in [6.07, 6.45) is 7.79. The SMILES string of the molecule is CCCN(CCC)C[C@@H](CCCC[C@H](CN(CCC)CCC)C(=O)c1ccc(OC)cc1)C(=O)c1ccc(OC)cc1. The van der Waals surface area contributed by atoms with Crippen LogP contribution in [0.1, 0.15) is 99.8 Å². The predicted octanol–water partition coefficient (Wildman–Crippen LogP) is 7.81. The van der Waals surface area contributed by atoms with Crippen molar-refractivity contribution in [1.82, 2.24) is 9.80 Å². The molecule has 0 aliphatic carbocycles. The third kappa shape index (κ3) is 11.9. The van der Waals surface area contributed by atoms with Crippen LogP contribution in [0, 0.1) is 11.8 Å². The number of hydrogen-bond donors (Lipinski definition) is 0. The molecule has 0 heterocycles. The van der Waals surface area contributed by atoms with E-state index in [0.717, 1.165) is 113 Å². The lowest BCUT2D eigenvalue weighted by Gasteiger charge is -2.28. The first-order chi connectivity index (χ1) is 20.4. The van der Waals surface area contributed by atoms with Crippen molar-refractivity contribution in [3.63, 3.8) is 0 Å². The Kier molecular flexibility index (Phi) is 17.1. The van der Waals surface area contributed by atoms with Crippen LogP contribution in [0.5, 0.6) is 11.5 Å². The maximum atomic E-state index is 13.7. The fourth-order valence-corrected chi connectivity index (χ4v) is 5.85. The molecule has 234 valence electrons. The molecule has 0 aromatic heterocycles. The summed E-state index contributed by atoms with van der Waals surface area (Å²) in [6.45, 7) is 14.4. The molecule has 42 heavy (non-hydrogen) atoms. The van der Waals surface area contributed by atoms with Gasteiger partial charge in [-0.25, -0.2) is 0 Å². The van der Waals surface area contributed by atoms with E-state index in [1.807, 2.05) is 48.5 Å². The quantitative estimate of drug-likeness (QED) is 0.0987. The number of nitrogens with zero attached hydrogens (tertiary/aromatic N) is 2. The molecular weight excluding hydrogens is 524 g/mol. The molecule has 0 amide bonds. The van der Waals surface area contributed by atoms with Crippen LogP contribution < -0.4 is 9.47 Å². The summed E-state index contributed by atoms with van der Waals surface area (Å²) in [6, 6.07) is 15.0. The number of unbranched alkanes of at least 4 members (excludes halogenated alkanes) is 1. The highest BCUT2D eigenvalue weighted by atomic mass is 16.5. The van der Waals surface area contributed by atoms with E-state index in [-0.39, 0.29) is 23.4 Å². The van der Waals surface area contributed by atoms with Crippen LogP contribution in [-0.4, -0.2) is 74.9 Å². The maximum Gasteiger partial charge on any atom is 0.167 e. The number of carbonyl (C=O) groups is 2. The van der Waals surface area contributed by atoms with Gasteiger partial charge in [-0.3, -0.25) is 9.59 Å². The van der Waals surface area contributed by atoms with Crippen molar-refractivity contribution in [1.29, 1.82) is 0 Å². The Labute approximate surface area is 255 Å². The van der Waals surface area contributed by atoms with Crippen LogP contribution in [0.2, 0.25) is 0 Å². The summed E-state index contributed by atoms with van der Waals surface area (Å²) in [4.78, 5) is 32.3. The van der Waals surface area contributed by atoms with Crippen LogP contribution in [0.4, 0.5) is 0 Å². The van der Waals surface area contributed by atoms with Crippen molar-refractivity contribution in [2.45, 2.75) is 79.1 Å². The molecular formula is C36H56N2O4. The van der Waals surface area contributed by atoms with Crippen molar-refractivity contribution < 1.29 is 19.1 Å². The first-order valence-corrected chi connectivity index (χ1v) is 16.2. The van der Waals surface area contributed by atoms with Gasteiger partial charge in [-0.1, -0.05) is 40.5 Å². The zero-order chi connectivity index (χ0) is 30.7. The minimum absolute atomic E-state index is 0.0658. The van der Waals surface area contributed by atoms with Gasteiger partial charge < -0.3 is 19.3 Å². The molecule has 0 saturated carbocycles. The Morgan fingerprint density at radius 2 is 0.881 bits per heavy atom. The molecule has 0 saturated heterocycles. The van der Waals surface area contributed by atoms with E-state index in [1.165, 1.54) is 0 Å². The van der Waals surface area contributed by atoms with Gasteiger partial charge in [0.15, 0.2) is 11.6 Å². The second kappa shape index (κ2) is 20.2. The Morgan fingerprint density at radius 1 is 0.571 bits per heavy atom. The fraction of sp³-hybridized carbons (Fsp3) is 0.611. The zero-order valence-electron chi connectivity index (χ0n) is 27.2. The van der Waals surface area contributed by atoms with Gasteiger partial charge in [-0.2, -0.15) is 0 Å². The number of hydrogen-bond acceptors (Lipinski definition) is 6. The lowest BCUT2D eigenvalue weighted by atomic mass is 9.88. The first-order valence-electron chi connectivity index (χ1n) is 16.2. The number of methoxy groups -OCH3 is 2. The highest BCUT2D eigenvalue weighted by molar-refractivity contribution is 5.98. The van der Waals surface area contributed by atoms with Gasteiger partial charge in [-0.15, -0.1) is 0 Å². The summed E-state index contributed by atoms with van der Waals surface area (Å²) in [7, 11) is 3.28. The van der Waals surface area contributed by atoms with E-state index >= 15 is 0 Å². The standard InChI is InChI=1S/C36H56N2O4/c1-7-23-37(24-8-2)27-31(35(39)29-15-19-33(41-5)20-16-29)13-11-12-14-32(28-38(25-9-3)26-10-4)36(40)30-17-21-34(42-6)22-18-30/h15-22,31-32H,7-14,23-28H2,1-6H3/t31-,32-/m1/s1. The molecule has 0 spiro atoms. The number of rotatable bonds is 23. The molecule has 0 fully saturated rings. The van der Waals surface area contributed by atoms with Gasteiger partial charge in [0.1, 0.15) is 11.5 Å². The highest BCUT2D eigenvalue weighted by Crippen LogP contribution is 2.24. The van der Waals surface area contributed by atoms with E-state index in [1.54, 1.807) is 14.2 Å². The molecule has 0 unspecified atom stereocenters. The summed E-state index contributed by atoms with van der Waals surface area (Å²) in [5.74, 6) is 1.80. The van der Waals surface area contributed by atoms with Crippen LogP contribution in [0.3, 0.4) is 0 Å². The Morgan fingerprint density at radius 3 is 1.14 bits per heavy atom. The molecule has 2 aromatic rings. The highest BCUT2D eigenvalue weighted by Gasteiger charge is 2.25. The van der Waals surface area contributed by atoms with Crippen molar-refractivity contribution in [3.05, 3.63) is 59.7 Å². The molecule has 2 atom stereocenters. The number of benzene rings is 2. The summed E-state index contributed by atoms with van der Waals surface area (Å²) in [5.41, 5.74) is 1.49. The molecule has 6 nitrogen and oxygen atoms in total. The fourth-order valence-electron chi connectivity index (χ4n) is 5.85. The van der Waals surface area contributed by atoms with E-state index in [0.29, 0.717) is 0 Å². The van der Waals surface area contributed by atoms with Gasteiger partial charge >= 0.3 is 0 Å². The monoisotopic (exact) mass is 580 g/mol. The number of ether oxygens (including phenoxy) is 2. The normalized spacial score (nSPS) is 12.9. The number of ketones is 2. The lowest BCUT2D eigenvalue weighted by Crippen LogP contribution is -2.35. The minimum Gasteiger partial charge on any atom is -0.497 e. The van der Waals surface area contributed by atoms with E-state index < -0.39 is 0 Å². The van der Waals surface area contributed by atoms with Crippen molar-refractivity contribution in [3.8, 4) is 11.5 Å². The number of Topliss-reactive ketones (excluding diaryl/α,β-unsaturated/α-hetero) is 2. The van der Waals surface area contributed by atoms with Crippen molar-refractivity contribution in [2.75, 3.05) is 53.5 Å². The van der Waals surface area contributed by atoms with Gasteiger partial charge in [-0.05, 0) is 113 Å². The van der Waals surface area contributed by atoms with E-state index in [2.05, 4.69) is 37.5 Å². The molecule has 2 rings (SSSR count). The largest absolute Gasteiger partial charge is 0.497 e. The Hall–Kier alpha value is -2.70. The zero-order valence-corrected chi connectivity index (χ0v) is 27.2. The van der Waals surface area contributed by atoms with Gasteiger partial charge in [0, 0.05) is 36.1 Å². The molecule has 0 aliphatic rings. The van der Waals surface area contributed by atoms with E-state index in [9.17, 15) is 9.59 Å². The third-order valence-electron chi connectivity index (χ3n) is 7.96. The molecule has 0 aliphatic heterocycles. The summed E-state index contributed by atoms with van der Waals surface area (Å²) in [5, 5.41) is 0. The Bertz CT molecular complexity index is 926. The maximum absolute atomic E-state index is 13.7. The molecule has 0 bridgehead atoms. The average molecular weight is 581 g/mol. The van der Waals surface area contributed by atoms with Crippen LogP contribution in [0.15, 0.2) is 48.5 Å². The van der Waals surface area contributed by atoms with Crippen molar-refractivity contribution >= 4 is 11.6 Å². The van der Waals surface area contributed by atoms with Crippen LogP contribution in [0.25, 0.3) is 0 Å². The van der Waals surface area contributed by atoms with E-state index in [4.69, 9.17) is 9.47 Å². The predicted molar refractivity (Wildman–Crippen MR) is 174 cm³/mol. The van der Waals surface area contributed by atoms with Crippen LogP contribution >= 0.6 is 0 Å². The smallest absolute Gasteiger partial charge is 0.167 e. The second-order valence-corrected chi connectivity index (χ2v) is 11.5. The summed E-state index contributed by atoms with van der Waals surface area (Å²) < 4.78 is 10.6. The van der Waals surface area contributed by atoms with Gasteiger partial charge in [0.25, 0.3) is 0 Å². The molecule has 0 radical (unpaired) electrons. The number of carbonyl (C=O) groups excluding carboxylic acids is 2. The van der Waals surface area contributed by atoms with Crippen LogP contribution in [-0.2, 0) is 0 Å². The molecule has 2 aromatic carbocycles. The van der Waals surface area contributed by atoms with Crippen molar-refractivity contribution in [2.24, 2.45) is 11.8 Å². The lowest BCUT2D eigenvalue weighted by molar-refractivity contribution is 0.0846. The Balaban J connectivity index is 2.16. The second-order valence-electron chi connectivity index (χ2n) is 11.5. The first kappa shape index (κ1) is 35.5. The molecule has 0 N–H and O–H groups in total. The third-order valence-corrected chi connectivity index (χ3v) is 7.96. The molecule has 6 heteroatoms. The topological polar surface area (TPSA) is 59.1 Å². The minimum atomic E-state index is -0.0658. The van der Waals surface area contributed by atoms with Gasteiger partial charge in [0.05, 0.1) is 14.2 Å².